The molecule has 0 radical (unpaired) electrons. The maximum absolute atomic E-state index is 2.67. The largest absolute Gasteiger partial charge is 0.140 e. The molecule has 0 saturated carbocycles. The predicted octanol–water partition coefficient (Wildman–Crippen LogP) is 28.4. The first-order chi connectivity index (χ1) is 42.7. The van der Waals surface area contributed by atoms with Crippen LogP contribution in [0.1, 0.15) is 203 Å². The molecule has 0 aliphatic carbocycles. The molecule has 0 aliphatic heterocycles. The zero-order chi connectivity index (χ0) is 60.6. The Bertz CT molecular complexity index is 4540. The molecule has 0 atom stereocenters. The molecule has 0 amide bonds. The van der Waals surface area contributed by atoms with Gasteiger partial charge < -0.3 is 0 Å². The van der Waals surface area contributed by atoms with Crippen LogP contribution in [0, 0.1) is 0 Å². The van der Waals surface area contributed by atoms with Gasteiger partial charge >= 0.3 is 0 Å². The van der Waals surface area contributed by atoms with E-state index >= 15 is 0 Å². The monoisotopic (exact) mass is 1230 g/mol. The Kier molecular flexibility index (Phi) is 16.6. The van der Waals surface area contributed by atoms with Gasteiger partial charge in [-0.3, -0.25) is 0 Å². The van der Waals surface area contributed by atoms with Gasteiger partial charge in [-0.25, -0.2) is 0 Å². The van der Waals surface area contributed by atoms with Crippen molar-refractivity contribution >= 4 is 142 Å². The summed E-state index contributed by atoms with van der Waals surface area (Å²) in [6.45, 7) is 23.7. The Hall–Kier alpha value is -5.88. The first kappa shape index (κ1) is 59.7. The second-order valence-electron chi connectivity index (χ2n) is 28.4. The van der Waals surface area contributed by atoms with E-state index in [1.807, 2.05) is 45.3 Å². The van der Waals surface area contributed by atoms with Crippen molar-refractivity contribution in [2.75, 3.05) is 0 Å². The third-order valence-electron chi connectivity index (χ3n) is 20.0. The molecule has 0 spiro atoms. The van der Waals surface area contributed by atoms with Gasteiger partial charge in [-0.2, -0.15) is 0 Å². The highest BCUT2D eigenvalue weighted by Crippen LogP contribution is 2.57. The van der Waals surface area contributed by atoms with Gasteiger partial charge in [0.15, 0.2) is 0 Å². The summed E-state index contributed by atoms with van der Waals surface area (Å²) in [4.78, 5) is 11.6. The van der Waals surface area contributed by atoms with Gasteiger partial charge in [0.1, 0.15) is 0 Å². The summed E-state index contributed by atoms with van der Waals surface area (Å²) in [5.41, 5.74) is 8.31. The minimum Gasteiger partial charge on any atom is -0.140 e. The number of unbranched alkanes of at least 4 members (excludes halogenated alkanes) is 12. The first-order valence-corrected chi connectivity index (χ1v) is 37.5. The smallest absolute Gasteiger partial charge is 0.0352 e. The summed E-state index contributed by atoms with van der Waals surface area (Å²) in [6.07, 6.45) is 25.1. The molecule has 10 aromatic carbocycles. The van der Waals surface area contributed by atoms with Gasteiger partial charge in [0, 0.05) is 61.3 Å². The first-order valence-electron chi connectivity index (χ1n) is 34.2. The van der Waals surface area contributed by atoms with Crippen molar-refractivity contribution < 1.29 is 0 Å². The van der Waals surface area contributed by atoms with E-state index in [1.165, 1.54) is 272 Å². The Morgan fingerprint density at radius 2 is 0.568 bits per heavy atom. The minimum absolute atomic E-state index is 0.0109. The van der Waals surface area contributed by atoms with Crippen LogP contribution >= 0.6 is 45.3 Å². The quantitative estimate of drug-likeness (QED) is 0.0321. The van der Waals surface area contributed by atoms with Crippen molar-refractivity contribution in [1.82, 2.24) is 0 Å². The molecule has 0 unspecified atom stereocenters. The molecule has 450 valence electrons. The van der Waals surface area contributed by atoms with E-state index in [-0.39, 0.29) is 10.8 Å². The van der Waals surface area contributed by atoms with Crippen LogP contribution in [0.15, 0.2) is 121 Å². The predicted molar refractivity (Wildman–Crippen MR) is 400 cm³/mol. The van der Waals surface area contributed by atoms with Gasteiger partial charge in [0.05, 0.1) is 0 Å². The molecule has 88 heavy (non-hydrogen) atoms. The van der Waals surface area contributed by atoms with Crippen LogP contribution in [0.3, 0.4) is 0 Å². The number of fused-ring (bicyclic) bond motifs is 4. The van der Waals surface area contributed by atoms with E-state index in [2.05, 4.69) is 191 Å². The molecule has 0 bridgehead atoms. The highest BCUT2D eigenvalue weighted by molar-refractivity contribution is 7.16. The van der Waals surface area contributed by atoms with Gasteiger partial charge in [0.25, 0.3) is 0 Å². The fourth-order valence-corrected chi connectivity index (χ4v) is 19.5. The molecule has 14 aromatic rings. The highest BCUT2D eigenvalue weighted by Gasteiger charge is 2.30. The number of aryl methyl sites for hydroxylation is 4. The van der Waals surface area contributed by atoms with E-state index < -0.39 is 0 Å². The molecule has 4 heteroatoms. The van der Waals surface area contributed by atoms with Crippen molar-refractivity contribution in [1.29, 1.82) is 0 Å². The Balaban J connectivity index is 1.12. The number of hydrogen-bond acceptors (Lipinski definition) is 4. The van der Waals surface area contributed by atoms with E-state index in [4.69, 9.17) is 0 Å². The summed E-state index contributed by atoms with van der Waals surface area (Å²) < 4.78 is 0. The van der Waals surface area contributed by atoms with Crippen LogP contribution in [-0.2, 0) is 36.5 Å². The molecule has 0 fully saturated rings. The number of hydrogen-bond donors (Lipinski definition) is 0. The maximum Gasteiger partial charge on any atom is 0.0352 e. The van der Waals surface area contributed by atoms with Crippen LogP contribution in [0.25, 0.3) is 139 Å². The van der Waals surface area contributed by atoms with Crippen LogP contribution in [0.4, 0.5) is 0 Å². The maximum atomic E-state index is 2.67. The van der Waals surface area contributed by atoms with Crippen LogP contribution < -0.4 is 0 Å². The second kappa shape index (κ2) is 24.4. The van der Waals surface area contributed by atoms with Crippen molar-refractivity contribution in [2.24, 2.45) is 0 Å². The standard InChI is InChI=1S/C84H90S4/c1-11-15-19-23-27-55-31-39-71(85-55)63-49-67-59-35-37-61-77-62(38-36-60(76(59)77)68-50-64(72-40-32-56(86-72)28-24-20-16-12-2)66-48-54(84(8,9)10)47-65(63)80(66)81(67)68)79-70(74-42-34-58(88-74)30-26-22-18-14-4)46-52-44-53(83(5,6)7)43-51-45-69(78(61)82(79)75(51)52)73-41-33-57(87-73)29-25-21-17-13-3/h31-50H,11-30H2,1-10H3. The Morgan fingerprint density at radius 1 is 0.250 bits per heavy atom. The lowest BCUT2D eigenvalue weighted by atomic mass is 9.77. The second-order valence-corrected chi connectivity index (χ2v) is 33.1. The van der Waals surface area contributed by atoms with Crippen LogP contribution in [0.2, 0.25) is 0 Å². The van der Waals surface area contributed by atoms with E-state index in [1.54, 1.807) is 0 Å². The van der Waals surface area contributed by atoms with Crippen molar-refractivity contribution in [3.63, 3.8) is 0 Å². The summed E-state index contributed by atoms with van der Waals surface area (Å²) in [6, 6.07) is 51.0. The summed E-state index contributed by atoms with van der Waals surface area (Å²) in [7, 11) is 0. The Morgan fingerprint density at radius 3 is 0.932 bits per heavy atom. The van der Waals surface area contributed by atoms with E-state index in [0.717, 1.165) is 25.7 Å². The molecule has 14 rings (SSSR count). The molecular formula is C84H90S4. The third kappa shape index (κ3) is 10.7. The summed E-state index contributed by atoms with van der Waals surface area (Å²) in [5.74, 6) is 0. The molecule has 0 saturated heterocycles. The van der Waals surface area contributed by atoms with E-state index in [0.29, 0.717) is 0 Å². The van der Waals surface area contributed by atoms with Gasteiger partial charge in [0.2, 0.25) is 0 Å². The van der Waals surface area contributed by atoms with Gasteiger partial charge in [-0.1, -0.05) is 183 Å². The summed E-state index contributed by atoms with van der Waals surface area (Å²) >= 11 is 8.19. The van der Waals surface area contributed by atoms with Crippen molar-refractivity contribution in [2.45, 2.75) is 208 Å². The zero-order valence-electron chi connectivity index (χ0n) is 54.3. The molecule has 0 nitrogen and oxygen atoms in total. The molecule has 0 N–H and O–H groups in total. The summed E-state index contributed by atoms with van der Waals surface area (Å²) in [5, 5.41) is 25.2. The lowest BCUT2D eigenvalue weighted by molar-refractivity contribution is 0.591. The van der Waals surface area contributed by atoms with E-state index in [9.17, 15) is 0 Å². The SMILES string of the molecule is CCCCCCc1ccc(-c2cc3c4ccc5c6c(-c7ccc(CCCCCC)s7)cc7cc(C(C)(C)C)cc8cc(-c9ccc(CCCCCC)s9)c(c9ccc(c%10cc(-c%11ccc(CCCCCC)s%11)c%11cc(C(C)(C)C)cc2c%11c3%10)c4c59)c6c78)s1. The van der Waals surface area contributed by atoms with Crippen LogP contribution in [0.5, 0.6) is 0 Å². The van der Waals surface area contributed by atoms with Gasteiger partial charge in [-0.15, -0.1) is 45.3 Å². The number of rotatable bonds is 24. The Labute approximate surface area is 540 Å². The molecule has 0 aliphatic rings. The fourth-order valence-electron chi connectivity index (χ4n) is 15.2. The lowest BCUT2D eigenvalue weighted by Gasteiger charge is -2.26. The van der Waals surface area contributed by atoms with Crippen LogP contribution in [-0.4, -0.2) is 0 Å². The molecule has 4 aromatic heterocycles. The average molecular weight is 1230 g/mol. The van der Waals surface area contributed by atoms with Crippen molar-refractivity contribution in [3.05, 3.63) is 152 Å². The van der Waals surface area contributed by atoms with Crippen molar-refractivity contribution in [3.8, 4) is 41.8 Å². The zero-order valence-corrected chi connectivity index (χ0v) is 57.6. The lowest BCUT2D eigenvalue weighted by Crippen LogP contribution is -2.11. The topological polar surface area (TPSA) is 0 Å². The number of thiophene rings is 4. The third-order valence-corrected chi connectivity index (χ3v) is 24.7. The number of benzene rings is 10. The normalized spacial score (nSPS) is 12.9. The molecule has 4 heterocycles. The minimum atomic E-state index is -0.0374. The van der Waals surface area contributed by atoms with Gasteiger partial charge in [-0.05, 0) is 255 Å². The molecular weight excluding hydrogens is 1140 g/mol. The fraction of sp³-hybridized carbons (Fsp3) is 0.381. The average Bonchev–Trinajstić information content (AvgIpc) is 0.994. The highest BCUT2D eigenvalue weighted by atomic mass is 32.1.